The van der Waals surface area contributed by atoms with E-state index < -0.39 is 5.97 Å². The lowest BCUT2D eigenvalue weighted by molar-refractivity contribution is 0.0471. The quantitative estimate of drug-likeness (QED) is 0.533. The number of hydrogen-bond acceptors (Lipinski definition) is 5. The molecule has 3 aromatic rings. The molecule has 7 heteroatoms. The van der Waals surface area contributed by atoms with Crippen molar-refractivity contribution < 1.29 is 9.53 Å². The van der Waals surface area contributed by atoms with Crippen molar-refractivity contribution in [1.82, 2.24) is 19.7 Å². The SMILES string of the molecule is Cc1nc2c(cnn2C(C)C)cc1C(=O)OCc1ccc(Cl)nc1. The zero-order chi connectivity index (χ0) is 17.3. The molecular formula is C17H17ClN4O2. The van der Waals surface area contributed by atoms with Gasteiger partial charge in [0.1, 0.15) is 11.8 Å². The van der Waals surface area contributed by atoms with Gasteiger partial charge < -0.3 is 4.74 Å². The highest BCUT2D eigenvalue weighted by molar-refractivity contribution is 6.29. The summed E-state index contributed by atoms with van der Waals surface area (Å²) in [6.07, 6.45) is 3.29. The average Bonchev–Trinajstić information content (AvgIpc) is 2.96. The Morgan fingerprint density at radius 2 is 2.12 bits per heavy atom. The van der Waals surface area contributed by atoms with Gasteiger partial charge in [-0.1, -0.05) is 17.7 Å². The number of nitrogens with zero attached hydrogens (tertiary/aromatic N) is 4. The Hall–Kier alpha value is -2.47. The number of pyridine rings is 2. The Bertz CT molecular complexity index is 887. The van der Waals surface area contributed by atoms with Gasteiger partial charge in [0.15, 0.2) is 5.65 Å². The van der Waals surface area contributed by atoms with Gasteiger partial charge in [-0.15, -0.1) is 0 Å². The van der Waals surface area contributed by atoms with E-state index in [1.54, 1.807) is 37.5 Å². The summed E-state index contributed by atoms with van der Waals surface area (Å²) < 4.78 is 7.18. The summed E-state index contributed by atoms with van der Waals surface area (Å²) in [5.74, 6) is -0.422. The molecule has 0 amide bonds. The highest BCUT2D eigenvalue weighted by Gasteiger charge is 2.16. The average molecular weight is 345 g/mol. The molecule has 124 valence electrons. The van der Waals surface area contributed by atoms with Gasteiger partial charge >= 0.3 is 5.97 Å². The van der Waals surface area contributed by atoms with Crippen LogP contribution in [0.5, 0.6) is 0 Å². The van der Waals surface area contributed by atoms with E-state index >= 15 is 0 Å². The first-order valence-electron chi connectivity index (χ1n) is 7.58. The lowest BCUT2D eigenvalue weighted by atomic mass is 10.1. The number of halogens is 1. The number of carbonyl (C=O) groups is 1. The molecule has 3 heterocycles. The molecule has 0 fully saturated rings. The van der Waals surface area contributed by atoms with Crippen LogP contribution >= 0.6 is 11.6 Å². The predicted molar refractivity (Wildman–Crippen MR) is 91.0 cm³/mol. The normalized spacial score (nSPS) is 11.2. The van der Waals surface area contributed by atoms with Gasteiger partial charge in [-0.2, -0.15) is 5.10 Å². The number of aromatic nitrogens is 4. The topological polar surface area (TPSA) is 69.9 Å². The maximum atomic E-state index is 12.4. The summed E-state index contributed by atoms with van der Waals surface area (Å²) in [4.78, 5) is 20.8. The first-order valence-corrected chi connectivity index (χ1v) is 7.96. The van der Waals surface area contributed by atoms with Crippen molar-refractivity contribution in [3.05, 3.63) is 52.6 Å². The third kappa shape index (κ3) is 3.23. The van der Waals surface area contributed by atoms with Gasteiger partial charge in [-0.25, -0.2) is 19.4 Å². The van der Waals surface area contributed by atoms with Crippen molar-refractivity contribution in [3.8, 4) is 0 Å². The van der Waals surface area contributed by atoms with Crippen molar-refractivity contribution in [2.75, 3.05) is 0 Å². The first kappa shape index (κ1) is 16.4. The number of fused-ring (bicyclic) bond motifs is 1. The van der Waals surface area contributed by atoms with Crippen LogP contribution in [-0.4, -0.2) is 25.7 Å². The molecule has 0 N–H and O–H groups in total. The molecule has 0 aliphatic rings. The number of aryl methyl sites for hydroxylation is 1. The largest absolute Gasteiger partial charge is 0.457 e. The van der Waals surface area contributed by atoms with Crippen molar-refractivity contribution in [2.45, 2.75) is 33.4 Å². The Kier molecular flexibility index (Phi) is 4.49. The number of carbonyl (C=O) groups excluding carboxylic acids is 1. The number of esters is 1. The summed E-state index contributed by atoms with van der Waals surface area (Å²) in [5, 5.41) is 5.53. The Balaban J connectivity index is 1.81. The van der Waals surface area contributed by atoms with Crippen LogP contribution in [0.4, 0.5) is 0 Å². The third-order valence-corrected chi connectivity index (χ3v) is 3.85. The maximum absolute atomic E-state index is 12.4. The molecule has 0 spiro atoms. The van der Waals surface area contributed by atoms with E-state index in [0.29, 0.717) is 16.4 Å². The molecule has 0 radical (unpaired) electrons. The van der Waals surface area contributed by atoms with Crippen molar-refractivity contribution in [2.24, 2.45) is 0 Å². The fourth-order valence-electron chi connectivity index (χ4n) is 2.37. The highest BCUT2D eigenvalue weighted by atomic mass is 35.5. The minimum Gasteiger partial charge on any atom is -0.457 e. The summed E-state index contributed by atoms with van der Waals surface area (Å²) >= 11 is 5.74. The standard InChI is InChI=1S/C17H17ClN4O2/c1-10(2)22-16-13(8-20-22)6-14(11(3)21-16)17(23)24-9-12-4-5-15(18)19-7-12/h4-8,10H,9H2,1-3H3. The molecule has 0 saturated heterocycles. The monoisotopic (exact) mass is 344 g/mol. The second-order valence-corrected chi connectivity index (χ2v) is 6.17. The molecule has 24 heavy (non-hydrogen) atoms. The molecule has 0 aromatic carbocycles. The fraction of sp³-hybridized carbons (Fsp3) is 0.294. The Morgan fingerprint density at radius 3 is 2.79 bits per heavy atom. The molecule has 0 aliphatic carbocycles. The van der Waals surface area contributed by atoms with Crippen LogP contribution in [0.1, 0.15) is 41.5 Å². The molecule has 0 unspecified atom stereocenters. The lowest BCUT2D eigenvalue weighted by Gasteiger charge is -2.09. The number of ether oxygens (including phenoxy) is 1. The van der Waals surface area contributed by atoms with Gasteiger partial charge in [0.25, 0.3) is 0 Å². The minimum absolute atomic E-state index is 0.131. The van der Waals surface area contributed by atoms with Gasteiger partial charge in [0, 0.05) is 23.2 Å². The van der Waals surface area contributed by atoms with Crippen LogP contribution in [0, 0.1) is 6.92 Å². The number of hydrogen-bond donors (Lipinski definition) is 0. The summed E-state index contributed by atoms with van der Waals surface area (Å²) in [7, 11) is 0. The van der Waals surface area contributed by atoms with Crippen molar-refractivity contribution in [3.63, 3.8) is 0 Å². The van der Waals surface area contributed by atoms with Gasteiger partial charge in [0.2, 0.25) is 0 Å². The molecule has 3 rings (SSSR count). The highest BCUT2D eigenvalue weighted by Crippen LogP contribution is 2.20. The molecule has 3 aromatic heterocycles. The molecule has 0 atom stereocenters. The van der Waals surface area contributed by atoms with Gasteiger partial charge in [-0.3, -0.25) is 0 Å². The first-order chi connectivity index (χ1) is 11.5. The van der Waals surface area contributed by atoms with E-state index in [4.69, 9.17) is 16.3 Å². The Labute approximate surface area is 144 Å². The van der Waals surface area contributed by atoms with Crippen LogP contribution in [0.15, 0.2) is 30.6 Å². The van der Waals surface area contributed by atoms with Crippen LogP contribution < -0.4 is 0 Å². The zero-order valence-corrected chi connectivity index (χ0v) is 14.4. The summed E-state index contributed by atoms with van der Waals surface area (Å²) in [6, 6.07) is 5.39. The molecule has 0 aliphatic heterocycles. The lowest BCUT2D eigenvalue weighted by Crippen LogP contribution is -2.10. The van der Waals surface area contributed by atoms with Gasteiger partial charge in [-0.05, 0) is 32.9 Å². The molecule has 0 saturated carbocycles. The van der Waals surface area contributed by atoms with E-state index in [1.807, 2.05) is 18.5 Å². The third-order valence-electron chi connectivity index (χ3n) is 3.63. The van der Waals surface area contributed by atoms with E-state index in [0.717, 1.165) is 16.6 Å². The van der Waals surface area contributed by atoms with Crippen LogP contribution in [-0.2, 0) is 11.3 Å². The van der Waals surface area contributed by atoms with E-state index in [9.17, 15) is 4.79 Å². The van der Waals surface area contributed by atoms with Crippen LogP contribution in [0.3, 0.4) is 0 Å². The Morgan fingerprint density at radius 1 is 1.33 bits per heavy atom. The second kappa shape index (κ2) is 6.57. The van der Waals surface area contributed by atoms with Crippen LogP contribution in [0.2, 0.25) is 5.15 Å². The van der Waals surface area contributed by atoms with E-state index in [-0.39, 0.29) is 12.6 Å². The molecule has 6 nitrogen and oxygen atoms in total. The van der Waals surface area contributed by atoms with Crippen molar-refractivity contribution >= 4 is 28.6 Å². The van der Waals surface area contributed by atoms with Gasteiger partial charge in [0.05, 0.1) is 17.5 Å². The minimum atomic E-state index is -0.422. The summed E-state index contributed by atoms with van der Waals surface area (Å²) in [5.41, 5.74) is 2.59. The molecular weight excluding hydrogens is 328 g/mol. The van der Waals surface area contributed by atoms with Crippen LogP contribution in [0.25, 0.3) is 11.0 Å². The second-order valence-electron chi connectivity index (χ2n) is 5.78. The maximum Gasteiger partial charge on any atom is 0.340 e. The van der Waals surface area contributed by atoms with E-state index in [1.165, 1.54) is 0 Å². The predicted octanol–water partition coefficient (Wildman–Crippen LogP) is 3.73. The van der Waals surface area contributed by atoms with E-state index in [2.05, 4.69) is 15.1 Å². The fourth-order valence-corrected chi connectivity index (χ4v) is 2.48. The zero-order valence-electron chi connectivity index (χ0n) is 13.7. The smallest absolute Gasteiger partial charge is 0.340 e. The molecule has 0 bridgehead atoms. The number of rotatable bonds is 4. The van der Waals surface area contributed by atoms with Crippen molar-refractivity contribution in [1.29, 1.82) is 0 Å². The summed E-state index contributed by atoms with van der Waals surface area (Å²) in [6.45, 7) is 5.99.